The molecule has 1 N–H and O–H groups in total. The molecule has 0 atom stereocenters. The number of benzene rings is 1. The van der Waals surface area contributed by atoms with Crippen LogP contribution >= 0.6 is 0 Å². The maximum Gasteiger partial charge on any atom is 0.416 e. The summed E-state index contributed by atoms with van der Waals surface area (Å²) in [6.45, 7) is -0.742. The van der Waals surface area contributed by atoms with Gasteiger partial charge in [0, 0.05) is 0 Å². The van der Waals surface area contributed by atoms with Crippen LogP contribution in [-0.2, 0) is 15.8 Å². The summed E-state index contributed by atoms with van der Waals surface area (Å²) in [5.41, 5.74) is -1.46. The Morgan fingerprint density at radius 1 is 1.11 bits per heavy atom. The predicted octanol–water partition coefficient (Wildman–Crippen LogP) is 1.31. The first-order valence-electron chi connectivity index (χ1n) is 5.22. The van der Waals surface area contributed by atoms with E-state index < -0.39 is 35.1 Å². The Morgan fingerprint density at radius 2 is 1.68 bits per heavy atom. The summed E-state index contributed by atoms with van der Waals surface area (Å²) in [7, 11) is 0. The third-order valence-electron chi connectivity index (χ3n) is 2.56. The first-order valence-corrected chi connectivity index (χ1v) is 5.22. The number of anilines is 1. The van der Waals surface area contributed by atoms with Crippen molar-refractivity contribution in [2.45, 2.75) is 6.18 Å². The Balaban J connectivity index is 2.38. The van der Waals surface area contributed by atoms with Crippen LogP contribution in [0.25, 0.3) is 0 Å². The highest BCUT2D eigenvalue weighted by molar-refractivity contribution is 6.02. The second-order valence-electron chi connectivity index (χ2n) is 3.99. The van der Waals surface area contributed by atoms with Crippen LogP contribution in [0.2, 0.25) is 0 Å². The maximum absolute atomic E-state index is 13.5. The fourth-order valence-corrected chi connectivity index (χ4v) is 1.74. The molecule has 1 aliphatic rings. The van der Waals surface area contributed by atoms with E-state index in [0.717, 1.165) is 4.90 Å². The first-order chi connectivity index (χ1) is 8.77. The molecule has 1 aromatic rings. The summed E-state index contributed by atoms with van der Waals surface area (Å²) >= 11 is 0. The van der Waals surface area contributed by atoms with Gasteiger partial charge in [-0.2, -0.15) is 13.2 Å². The number of hydrogen-bond acceptors (Lipinski definition) is 3. The zero-order chi connectivity index (χ0) is 14.2. The number of piperazine rings is 1. The van der Waals surface area contributed by atoms with E-state index in [1.165, 1.54) is 0 Å². The van der Waals surface area contributed by atoms with E-state index in [4.69, 9.17) is 0 Å². The summed E-state index contributed by atoms with van der Waals surface area (Å²) in [4.78, 5) is 23.2. The molecular weight excluding hydrogens is 268 g/mol. The number of nitrogens with zero attached hydrogens (tertiary/aromatic N) is 1. The van der Waals surface area contributed by atoms with Crippen LogP contribution in [0.1, 0.15) is 5.56 Å². The highest BCUT2D eigenvalue weighted by atomic mass is 19.4. The second kappa shape index (κ2) is 4.52. The molecule has 1 fully saturated rings. The molecule has 0 unspecified atom stereocenters. The summed E-state index contributed by atoms with van der Waals surface area (Å²) in [5.74, 6) is -2.29. The van der Waals surface area contributed by atoms with Crippen molar-refractivity contribution in [3.63, 3.8) is 0 Å². The third kappa shape index (κ3) is 2.83. The van der Waals surface area contributed by atoms with Crippen LogP contribution < -0.4 is 10.2 Å². The normalized spacial score (nSPS) is 16.5. The lowest BCUT2D eigenvalue weighted by Gasteiger charge is -2.28. The highest BCUT2D eigenvalue weighted by Gasteiger charge is 2.33. The molecule has 0 radical (unpaired) electrons. The fraction of sp³-hybridized carbons (Fsp3) is 0.273. The minimum Gasteiger partial charge on any atom is -0.351 e. The van der Waals surface area contributed by atoms with Gasteiger partial charge in [-0.1, -0.05) is 0 Å². The topological polar surface area (TPSA) is 49.4 Å². The fourth-order valence-electron chi connectivity index (χ4n) is 1.74. The van der Waals surface area contributed by atoms with Gasteiger partial charge >= 0.3 is 6.18 Å². The van der Waals surface area contributed by atoms with Crippen molar-refractivity contribution in [1.82, 2.24) is 5.32 Å². The number of carbonyl (C=O) groups excluding carboxylic acids is 2. The Kier molecular flexibility index (Phi) is 3.17. The lowest BCUT2D eigenvalue weighted by Crippen LogP contribution is -2.51. The number of amides is 2. The number of imide groups is 1. The molecule has 0 spiro atoms. The number of nitrogens with one attached hydrogen (secondary N) is 1. The molecule has 2 rings (SSSR count). The molecular formula is C11H8F4N2O2. The molecule has 1 aromatic carbocycles. The SMILES string of the molecule is O=C1CN(c2cc(C(F)(F)F)ccc2F)CC(=O)N1. The smallest absolute Gasteiger partial charge is 0.351 e. The van der Waals surface area contributed by atoms with Crippen LogP contribution in [0.4, 0.5) is 23.2 Å². The van der Waals surface area contributed by atoms with Gasteiger partial charge in [0.05, 0.1) is 24.3 Å². The minimum atomic E-state index is -4.62. The first kappa shape index (κ1) is 13.3. The monoisotopic (exact) mass is 276 g/mol. The van der Waals surface area contributed by atoms with Crippen LogP contribution in [0.15, 0.2) is 18.2 Å². The highest BCUT2D eigenvalue weighted by Crippen LogP contribution is 2.33. The quantitative estimate of drug-likeness (QED) is 0.621. The Labute approximate surface area is 105 Å². The van der Waals surface area contributed by atoms with Crippen LogP contribution in [0.5, 0.6) is 0 Å². The number of carbonyl (C=O) groups is 2. The number of halogens is 4. The van der Waals surface area contributed by atoms with E-state index in [1.54, 1.807) is 0 Å². The van der Waals surface area contributed by atoms with Crippen molar-refractivity contribution < 1.29 is 27.2 Å². The molecule has 0 aromatic heterocycles. The predicted molar refractivity (Wildman–Crippen MR) is 56.8 cm³/mol. The largest absolute Gasteiger partial charge is 0.416 e. The van der Waals surface area contributed by atoms with Gasteiger partial charge in [-0.15, -0.1) is 0 Å². The third-order valence-corrected chi connectivity index (χ3v) is 2.56. The van der Waals surface area contributed by atoms with Crippen molar-refractivity contribution >= 4 is 17.5 Å². The number of alkyl halides is 3. The molecule has 2 amide bonds. The molecule has 1 aliphatic heterocycles. The number of hydrogen-bond donors (Lipinski definition) is 1. The van der Waals surface area contributed by atoms with Crippen LogP contribution in [0, 0.1) is 5.82 Å². The van der Waals surface area contributed by atoms with Gasteiger partial charge in [0.15, 0.2) is 0 Å². The lowest BCUT2D eigenvalue weighted by atomic mass is 10.1. The average molecular weight is 276 g/mol. The summed E-state index contributed by atoms with van der Waals surface area (Å²) in [6.07, 6.45) is -4.62. The van der Waals surface area contributed by atoms with E-state index in [1.807, 2.05) is 5.32 Å². The Hall–Kier alpha value is -2.12. The molecule has 0 saturated carbocycles. The van der Waals surface area contributed by atoms with Crippen molar-refractivity contribution in [2.24, 2.45) is 0 Å². The van der Waals surface area contributed by atoms with Gasteiger partial charge in [-0.05, 0) is 18.2 Å². The molecule has 102 valence electrons. The second-order valence-corrected chi connectivity index (χ2v) is 3.99. The summed E-state index contributed by atoms with van der Waals surface area (Å²) in [5, 5.41) is 1.98. The van der Waals surface area contributed by atoms with Gasteiger partial charge in [0.1, 0.15) is 5.82 Å². The molecule has 1 saturated heterocycles. The zero-order valence-electron chi connectivity index (χ0n) is 9.42. The van der Waals surface area contributed by atoms with E-state index >= 15 is 0 Å². The van der Waals surface area contributed by atoms with Crippen LogP contribution in [0.3, 0.4) is 0 Å². The molecule has 19 heavy (non-hydrogen) atoms. The van der Waals surface area contributed by atoms with Gasteiger partial charge in [0.2, 0.25) is 11.8 Å². The molecule has 0 aliphatic carbocycles. The van der Waals surface area contributed by atoms with Crippen molar-refractivity contribution in [3.8, 4) is 0 Å². The van der Waals surface area contributed by atoms with E-state index in [0.29, 0.717) is 18.2 Å². The standard InChI is InChI=1S/C11H8F4N2O2/c12-7-2-1-6(11(13,14)15)3-8(7)17-4-9(18)16-10(19)5-17/h1-3H,4-5H2,(H,16,18,19). The molecule has 0 bridgehead atoms. The van der Waals surface area contributed by atoms with Crippen molar-refractivity contribution in [2.75, 3.05) is 18.0 Å². The van der Waals surface area contributed by atoms with Gasteiger partial charge in [-0.3, -0.25) is 14.9 Å². The van der Waals surface area contributed by atoms with Gasteiger partial charge in [-0.25, -0.2) is 4.39 Å². The summed E-state index contributed by atoms with van der Waals surface area (Å²) < 4.78 is 51.1. The average Bonchev–Trinajstić information content (AvgIpc) is 2.26. The van der Waals surface area contributed by atoms with Crippen molar-refractivity contribution in [3.05, 3.63) is 29.6 Å². The van der Waals surface area contributed by atoms with Crippen LogP contribution in [-0.4, -0.2) is 24.9 Å². The Morgan fingerprint density at radius 3 is 2.21 bits per heavy atom. The maximum atomic E-state index is 13.5. The molecule has 8 heteroatoms. The Bertz CT molecular complexity index is 526. The van der Waals surface area contributed by atoms with E-state index in [-0.39, 0.29) is 13.1 Å². The zero-order valence-corrected chi connectivity index (χ0v) is 9.42. The summed E-state index contributed by atoms with van der Waals surface area (Å²) in [6, 6.07) is 1.85. The molecule has 4 nitrogen and oxygen atoms in total. The lowest BCUT2D eigenvalue weighted by molar-refractivity contribution is -0.137. The van der Waals surface area contributed by atoms with E-state index in [2.05, 4.69) is 0 Å². The van der Waals surface area contributed by atoms with Gasteiger partial charge in [0.25, 0.3) is 0 Å². The van der Waals surface area contributed by atoms with Crippen molar-refractivity contribution in [1.29, 1.82) is 0 Å². The van der Waals surface area contributed by atoms with E-state index in [9.17, 15) is 27.2 Å². The minimum absolute atomic E-state index is 0.371. The number of rotatable bonds is 1. The van der Waals surface area contributed by atoms with Gasteiger partial charge < -0.3 is 4.90 Å². The molecule has 1 heterocycles.